The first-order chi connectivity index (χ1) is 26.3. The number of allylic oxidation sites excluding steroid dienone is 2. The average Bonchev–Trinajstić information content (AvgIpc) is 3.17. The van der Waals surface area contributed by atoms with Crippen LogP contribution >= 0.6 is 0 Å². The summed E-state index contributed by atoms with van der Waals surface area (Å²) in [6.07, 6.45) is 28.3. The van der Waals surface area contributed by atoms with Gasteiger partial charge in [0.25, 0.3) is 0 Å². The molecule has 8 atom stereocenters. The number of carbonyl (C=O) groups is 1. The van der Waals surface area contributed by atoms with E-state index in [2.05, 4.69) is 31.3 Å². The van der Waals surface area contributed by atoms with E-state index in [1.165, 1.54) is 116 Å². The number of ether oxygens (including phenoxy) is 2. The predicted octanol–water partition coefficient (Wildman–Crippen LogP) is 7.92. The summed E-state index contributed by atoms with van der Waals surface area (Å²) in [6.45, 7) is 3.65. The second-order valence-electron chi connectivity index (χ2n) is 16.0. The number of hydrogen-bond donors (Lipinski definition) is 7. The van der Waals surface area contributed by atoms with Crippen LogP contribution in [0.2, 0.25) is 0 Å². The molecule has 1 aliphatic heterocycles. The van der Waals surface area contributed by atoms with Crippen LogP contribution < -0.4 is 5.32 Å². The lowest BCUT2D eigenvalue weighted by Crippen LogP contribution is -2.60. The van der Waals surface area contributed by atoms with E-state index in [4.69, 9.17) is 9.47 Å². The summed E-state index contributed by atoms with van der Waals surface area (Å²) in [5.74, 6) is -0.589. The van der Waals surface area contributed by atoms with Gasteiger partial charge in [0.05, 0.1) is 25.4 Å². The van der Waals surface area contributed by atoms with Crippen molar-refractivity contribution in [2.45, 2.75) is 249 Å². The lowest BCUT2D eigenvalue weighted by atomic mass is 9.99. The third-order valence-corrected chi connectivity index (χ3v) is 11.0. The van der Waals surface area contributed by atoms with Crippen LogP contribution in [0.4, 0.5) is 0 Å². The topological polar surface area (TPSA) is 169 Å². The van der Waals surface area contributed by atoms with E-state index in [1.54, 1.807) is 0 Å². The van der Waals surface area contributed by atoms with Gasteiger partial charge in [0.2, 0.25) is 5.91 Å². The summed E-state index contributed by atoms with van der Waals surface area (Å²) in [5, 5.41) is 64.7. The lowest BCUT2D eigenvalue weighted by Gasteiger charge is -2.40. The Balaban J connectivity index is 2.38. The quantitative estimate of drug-likeness (QED) is 0.0245. The summed E-state index contributed by atoms with van der Waals surface area (Å²) in [6, 6.07) is -0.892. The van der Waals surface area contributed by atoms with Crippen LogP contribution in [0.1, 0.15) is 200 Å². The van der Waals surface area contributed by atoms with Crippen LogP contribution in [0.25, 0.3) is 0 Å². The Morgan fingerprint density at radius 2 is 1.04 bits per heavy atom. The van der Waals surface area contributed by atoms with Gasteiger partial charge in [-0.05, 0) is 38.5 Å². The van der Waals surface area contributed by atoms with E-state index in [1.807, 2.05) is 0 Å². The Morgan fingerprint density at radius 3 is 1.50 bits per heavy atom. The molecule has 0 aromatic rings. The van der Waals surface area contributed by atoms with Gasteiger partial charge in [-0.25, -0.2) is 0 Å². The zero-order valence-electron chi connectivity index (χ0n) is 34.6. The number of amides is 1. The molecule has 0 spiro atoms. The number of hydrogen-bond acceptors (Lipinski definition) is 9. The van der Waals surface area contributed by atoms with Gasteiger partial charge >= 0.3 is 0 Å². The van der Waals surface area contributed by atoms with E-state index in [0.29, 0.717) is 12.8 Å². The minimum Gasteiger partial charge on any atom is -0.394 e. The van der Waals surface area contributed by atoms with Crippen molar-refractivity contribution in [3.8, 4) is 0 Å². The molecule has 0 bridgehead atoms. The molecule has 1 heterocycles. The maximum Gasteiger partial charge on any atom is 0.249 e. The molecule has 10 nitrogen and oxygen atoms in total. The highest BCUT2D eigenvalue weighted by molar-refractivity contribution is 5.80. The van der Waals surface area contributed by atoms with Crippen LogP contribution in [-0.2, 0) is 14.3 Å². The number of aliphatic hydroxyl groups is 6. The molecule has 0 aromatic heterocycles. The van der Waals surface area contributed by atoms with Gasteiger partial charge in [-0.2, -0.15) is 0 Å². The van der Waals surface area contributed by atoms with Gasteiger partial charge in [-0.1, -0.05) is 174 Å². The average molecular weight is 772 g/mol. The van der Waals surface area contributed by atoms with Crippen molar-refractivity contribution < 1.29 is 44.9 Å². The third-order valence-electron chi connectivity index (χ3n) is 11.0. The van der Waals surface area contributed by atoms with Crippen LogP contribution in [0.5, 0.6) is 0 Å². The fraction of sp³-hybridized carbons (Fsp3) is 0.932. The molecule has 54 heavy (non-hydrogen) atoms. The molecule has 1 amide bonds. The summed E-state index contributed by atoms with van der Waals surface area (Å²) < 4.78 is 11.2. The van der Waals surface area contributed by atoms with Gasteiger partial charge in [0.1, 0.15) is 30.5 Å². The Labute approximate surface area is 329 Å². The molecular formula is C44H85NO9. The molecule has 1 aliphatic rings. The fourth-order valence-electron chi connectivity index (χ4n) is 7.22. The number of aliphatic hydroxyl groups excluding tert-OH is 6. The minimum atomic E-state index is -1.59. The molecular weight excluding hydrogens is 686 g/mol. The molecule has 10 heteroatoms. The van der Waals surface area contributed by atoms with Crippen molar-refractivity contribution in [1.82, 2.24) is 5.32 Å². The first-order valence-corrected chi connectivity index (χ1v) is 22.5. The second-order valence-corrected chi connectivity index (χ2v) is 16.0. The Hall–Kier alpha value is -1.11. The summed E-state index contributed by atoms with van der Waals surface area (Å²) >= 11 is 0. The molecule has 7 N–H and O–H groups in total. The number of nitrogens with one attached hydrogen (secondary N) is 1. The number of rotatable bonds is 37. The van der Waals surface area contributed by atoms with E-state index in [0.717, 1.165) is 57.8 Å². The van der Waals surface area contributed by atoms with Crippen molar-refractivity contribution in [3.05, 3.63) is 12.2 Å². The van der Waals surface area contributed by atoms with Gasteiger partial charge in [-0.15, -0.1) is 0 Å². The molecule has 1 rings (SSSR count). The van der Waals surface area contributed by atoms with E-state index >= 15 is 0 Å². The van der Waals surface area contributed by atoms with Crippen LogP contribution in [0.3, 0.4) is 0 Å². The van der Waals surface area contributed by atoms with Gasteiger partial charge in [0.15, 0.2) is 6.29 Å². The number of carbonyl (C=O) groups excluding carboxylic acids is 1. The largest absolute Gasteiger partial charge is 0.394 e. The molecule has 0 aliphatic carbocycles. The molecule has 1 fully saturated rings. The van der Waals surface area contributed by atoms with Crippen molar-refractivity contribution in [2.75, 3.05) is 13.2 Å². The van der Waals surface area contributed by atoms with E-state index < -0.39 is 61.5 Å². The zero-order chi connectivity index (χ0) is 39.7. The zero-order valence-corrected chi connectivity index (χ0v) is 34.6. The fourth-order valence-corrected chi connectivity index (χ4v) is 7.22. The molecule has 0 saturated carbocycles. The third kappa shape index (κ3) is 25.2. The Bertz CT molecular complexity index is 875. The normalized spacial score (nSPS) is 22.1. The van der Waals surface area contributed by atoms with Crippen molar-refractivity contribution in [2.24, 2.45) is 0 Å². The Kier molecular flexibility index (Phi) is 33.1. The molecule has 0 radical (unpaired) electrons. The summed E-state index contributed by atoms with van der Waals surface area (Å²) in [7, 11) is 0. The Morgan fingerprint density at radius 1 is 0.611 bits per heavy atom. The highest BCUT2D eigenvalue weighted by Gasteiger charge is 2.44. The summed E-state index contributed by atoms with van der Waals surface area (Å²) in [4.78, 5) is 13.0. The maximum absolute atomic E-state index is 13.0. The van der Waals surface area contributed by atoms with Crippen LogP contribution in [0, 0.1) is 0 Å². The summed E-state index contributed by atoms with van der Waals surface area (Å²) in [5.41, 5.74) is 0. The molecule has 1 saturated heterocycles. The van der Waals surface area contributed by atoms with E-state index in [9.17, 15) is 35.4 Å². The van der Waals surface area contributed by atoms with Crippen LogP contribution in [0.15, 0.2) is 12.2 Å². The van der Waals surface area contributed by atoms with Crippen molar-refractivity contribution in [1.29, 1.82) is 0 Å². The van der Waals surface area contributed by atoms with Crippen LogP contribution in [-0.4, -0.2) is 98.7 Å². The highest BCUT2D eigenvalue weighted by Crippen LogP contribution is 2.23. The molecule has 0 aromatic carbocycles. The predicted molar refractivity (Wildman–Crippen MR) is 218 cm³/mol. The monoisotopic (exact) mass is 772 g/mol. The first-order valence-electron chi connectivity index (χ1n) is 22.5. The smallest absolute Gasteiger partial charge is 0.249 e. The van der Waals surface area contributed by atoms with Gasteiger partial charge in [0, 0.05) is 0 Å². The number of unbranched alkanes of at least 4 members (excludes halogenated alkanes) is 24. The highest BCUT2D eigenvalue weighted by atomic mass is 16.7. The first kappa shape index (κ1) is 50.9. The standard InChI is InChI=1S/C44H85NO9/c1-3-5-7-9-11-13-15-16-17-18-19-20-21-23-25-27-29-31-33-38(48)43(52)45-36(35-53-44-42(51)41(50)40(49)39(34-46)54-44)37(47)32-30-28-26-24-22-14-12-10-8-6-4-2/h18-19,36-42,44,46-51H,3-17,20-35H2,1-2H3,(H,45,52)/b19-18-. The van der Waals surface area contributed by atoms with Crippen molar-refractivity contribution in [3.63, 3.8) is 0 Å². The SMILES string of the molecule is CCCCCCCCCC/C=C\CCCCCCCCC(O)C(=O)NC(COC1OC(CO)C(O)C(O)C1O)C(O)CCCCCCCCCCCCC. The van der Waals surface area contributed by atoms with E-state index in [-0.39, 0.29) is 6.61 Å². The lowest BCUT2D eigenvalue weighted by molar-refractivity contribution is -0.302. The van der Waals surface area contributed by atoms with Gasteiger partial charge < -0.3 is 45.4 Å². The minimum absolute atomic E-state index is 0.255. The molecule has 320 valence electrons. The molecule has 8 unspecified atom stereocenters. The maximum atomic E-state index is 13.0. The second kappa shape index (κ2) is 35.1. The van der Waals surface area contributed by atoms with Gasteiger partial charge in [-0.3, -0.25) is 4.79 Å². The van der Waals surface area contributed by atoms with Crippen molar-refractivity contribution >= 4 is 5.91 Å².